The minimum Gasteiger partial charge on any atom is -0.424 e. The maximum atomic E-state index is 12.3. The highest BCUT2D eigenvalue weighted by molar-refractivity contribution is 5.79. The molecule has 2 atom stereocenters. The highest BCUT2D eigenvalue weighted by atomic mass is 19.4. The molecule has 5 fully saturated rings. The Hall–Kier alpha value is -1.93. The van der Waals surface area contributed by atoms with Gasteiger partial charge in [-0.1, -0.05) is 0 Å². The zero-order valence-electron chi connectivity index (χ0n) is 17.9. The smallest absolute Gasteiger partial charge is 0.424 e. The van der Waals surface area contributed by atoms with Crippen molar-refractivity contribution in [2.24, 2.45) is 0 Å². The Morgan fingerprint density at radius 3 is 2.21 bits per heavy atom. The fraction of sp³-hybridized carbons (Fsp3) is 0.850. The first-order valence-corrected chi connectivity index (χ1v) is 11.1. The number of amides is 1. The summed E-state index contributed by atoms with van der Waals surface area (Å²) in [6.07, 6.45) is -8.81. The van der Waals surface area contributed by atoms with Crippen molar-refractivity contribution < 1.29 is 49.8 Å². The van der Waals surface area contributed by atoms with Crippen LogP contribution >= 0.6 is 0 Å². The lowest BCUT2D eigenvalue weighted by Crippen LogP contribution is -2.77. The van der Waals surface area contributed by atoms with Gasteiger partial charge in [0, 0.05) is 17.9 Å². The maximum Gasteiger partial charge on any atom is 0.522 e. The van der Waals surface area contributed by atoms with Gasteiger partial charge in [0.2, 0.25) is 17.7 Å². The van der Waals surface area contributed by atoms with Crippen molar-refractivity contribution in [3.8, 4) is 0 Å². The summed E-state index contributed by atoms with van der Waals surface area (Å²) >= 11 is 0. The molecule has 5 aliphatic carbocycles. The quantitative estimate of drug-likeness (QED) is 0.546. The van der Waals surface area contributed by atoms with E-state index in [0.29, 0.717) is 37.5 Å². The average Bonchev–Trinajstić information content (AvgIpc) is 3.25. The molecule has 1 aromatic rings. The molecule has 0 aliphatic heterocycles. The lowest BCUT2D eigenvalue weighted by atomic mass is 9.39. The first kappa shape index (κ1) is 23.8. The number of ether oxygens (including phenoxy) is 3. The number of rotatable bonds is 8. The maximum absolute atomic E-state index is 12.3. The van der Waals surface area contributed by atoms with Gasteiger partial charge in [0.05, 0.1) is 23.7 Å². The minimum absolute atomic E-state index is 0.0879. The number of alkyl halides is 6. The van der Waals surface area contributed by atoms with Crippen LogP contribution in [-0.4, -0.2) is 59.3 Å². The summed E-state index contributed by atoms with van der Waals surface area (Å²) in [6.45, 7) is -0.244. The fourth-order valence-corrected chi connectivity index (χ4v) is 5.69. The lowest BCUT2D eigenvalue weighted by Gasteiger charge is -2.68. The van der Waals surface area contributed by atoms with E-state index in [9.17, 15) is 31.1 Å². The zero-order valence-corrected chi connectivity index (χ0v) is 17.9. The molecule has 5 aliphatic rings. The van der Waals surface area contributed by atoms with Crippen molar-refractivity contribution in [1.82, 2.24) is 15.5 Å². The molecule has 8 nitrogen and oxygen atoms in total. The highest BCUT2D eigenvalue weighted by Crippen LogP contribution is 2.67. The van der Waals surface area contributed by atoms with Gasteiger partial charge in [0.15, 0.2) is 0 Å². The van der Waals surface area contributed by atoms with Crippen molar-refractivity contribution in [3.05, 3.63) is 11.8 Å². The van der Waals surface area contributed by atoms with Crippen molar-refractivity contribution in [1.29, 1.82) is 0 Å². The summed E-state index contributed by atoms with van der Waals surface area (Å²) in [5, 5.41) is 11.0. The lowest BCUT2D eigenvalue weighted by molar-refractivity contribution is -0.352. The number of hydrogen-bond donors (Lipinski definition) is 1. The molecule has 0 unspecified atom stereocenters. The molecule has 0 spiro atoms. The van der Waals surface area contributed by atoms with Crippen LogP contribution < -0.4 is 5.32 Å². The van der Waals surface area contributed by atoms with Gasteiger partial charge >= 0.3 is 12.7 Å². The van der Waals surface area contributed by atoms with E-state index >= 15 is 0 Å². The number of halogens is 6. The molecule has 5 saturated carbocycles. The average molecular weight is 499 g/mol. The van der Waals surface area contributed by atoms with E-state index in [1.54, 1.807) is 0 Å². The van der Waals surface area contributed by atoms with Crippen LogP contribution in [0.3, 0.4) is 0 Å². The van der Waals surface area contributed by atoms with Crippen molar-refractivity contribution in [2.45, 2.75) is 99.3 Å². The Kier molecular flexibility index (Phi) is 5.63. The molecule has 1 N–H and O–H groups in total. The molecule has 0 radical (unpaired) electrons. The van der Waals surface area contributed by atoms with Crippen molar-refractivity contribution in [3.63, 3.8) is 0 Å². The Morgan fingerprint density at radius 1 is 0.941 bits per heavy atom. The molecule has 0 aromatic carbocycles. The normalized spacial score (nSPS) is 37.0. The number of hydrogen-bond acceptors (Lipinski definition) is 7. The standard InChI is InChI=1S/C20H23F6N3O5/c21-19(22,23)33-12-2-1-11(5-12)31-6-14(30)27-18-7-17(8-18,9-18)16-29-28-15(32-16)10-3-13(4-10)34-20(24,25)26/h10-13H,1-9H2,(H,27,30)/t10?,11-,12+,13?,17?,18?/m0/s1. The number of aromatic nitrogens is 2. The molecule has 0 saturated heterocycles. The van der Waals surface area contributed by atoms with Crippen LogP contribution in [0.2, 0.25) is 0 Å². The second-order valence-corrected chi connectivity index (χ2v) is 9.87. The molecular formula is C20H23F6N3O5. The summed E-state index contributed by atoms with van der Waals surface area (Å²) in [7, 11) is 0. The Labute approximate surface area is 189 Å². The molecule has 6 rings (SSSR count). The van der Waals surface area contributed by atoms with E-state index in [1.165, 1.54) is 0 Å². The number of nitrogens with zero attached hydrogens (tertiary/aromatic N) is 2. The van der Waals surface area contributed by atoms with Crippen LogP contribution in [0.1, 0.15) is 69.1 Å². The van der Waals surface area contributed by atoms with Gasteiger partial charge in [-0.15, -0.1) is 36.5 Å². The van der Waals surface area contributed by atoms with Gasteiger partial charge in [0.25, 0.3) is 0 Å². The third-order valence-corrected chi connectivity index (χ3v) is 7.16. The highest BCUT2D eigenvalue weighted by Gasteiger charge is 2.72. The molecule has 1 heterocycles. The number of carbonyl (C=O) groups excluding carboxylic acids is 1. The zero-order chi connectivity index (χ0) is 24.4. The summed E-state index contributed by atoms with van der Waals surface area (Å²) in [5.41, 5.74) is -0.729. The second-order valence-electron chi connectivity index (χ2n) is 9.87. The topological polar surface area (TPSA) is 95.7 Å². The molecule has 1 aromatic heterocycles. The predicted molar refractivity (Wildman–Crippen MR) is 98.1 cm³/mol. The first-order chi connectivity index (χ1) is 15.8. The Morgan fingerprint density at radius 2 is 1.56 bits per heavy atom. The summed E-state index contributed by atoms with van der Waals surface area (Å²) in [4.78, 5) is 12.3. The van der Waals surface area contributed by atoms with E-state index in [4.69, 9.17) is 9.15 Å². The van der Waals surface area contributed by atoms with Gasteiger partial charge in [0.1, 0.15) is 6.61 Å². The number of nitrogens with one attached hydrogen (secondary N) is 1. The minimum atomic E-state index is -4.68. The molecule has 14 heteroatoms. The molecule has 1 amide bonds. The van der Waals surface area contributed by atoms with Gasteiger partial charge in [-0.05, 0) is 44.9 Å². The van der Waals surface area contributed by atoms with Crippen LogP contribution in [0.15, 0.2) is 4.42 Å². The van der Waals surface area contributed by atoms with Crippen molar-refractivity contribution >= 4 is 5.91 Å². The van der Waals surface area contributed by atoms with E-state index < -0.39 is 36.6 Å². The molecule has 34 heavy (non-hydrogen) atoms. The third kappa shape index (κ3) is 4.89. The fourth-order valence-electron chi connectivity index (χ4n) is 5.69. The summed E-state index contributed by atoms with van der Waals surface area (Å²) in [5.74, 6) is 0.127. The van der Waals surface area contributed by atoms with Gasteiger partial charge < -0.3 is 14.5 Å². The van der Waals surface area contributed by atoms with E-state index in [0.717, 1.165) is 0 Å². The van der Waals surface area contributed by atoms with Crippen LogP contribution in [0, 0.1) is 0 Å². The predicted octanol–water partition coefficient (Wildman–Crippen LogP) is 3.62. The Bertz CT molecular complexity index is 909. The molecular weight excluding hydrogens is 476 g/mol. The first-order valence-electron chi connectivity index (χ1n) is 11.1. The van der Waals surface area contributed by atoms with Crippen molar-refractivity contribution in [2.75, 3.05) is 6.61 Å². The van der Waals surface area contributed by atoms with Gasteiger partial charge in [-0.25, -0.2) is 0 Å². The summed E-state index contributed by atoms with van der Waals surface area (Å²) < 4.78 is 92.8. The largest absolute Gasteiger partial charge is 0.522 e. The molecule has 2 bridgehead atoms. The van der Waals surface area contributed by atoms with Crippen LogP contribution in [0.4, 0.5) is 26.3 Å². The van der Waals surface area contributed by atoms with Crippen LogP contribution in [0.5, 0.6) is 0 Å². The SMILES string of the molecule is O=C(CO[C@H]1CC[C@@H](OC(F)(F)F)C1)NC12CC(c3nnc(C4CC(OC(F)(F)F)C4)o3)(C1)C2. The van der Waals surface area contributed by atoms with Gasteiger partial charge in [-0.2, -0.15) is 0 Å². The van der Waals surface area contributed by atoms with E-state index in [1.807, 2.05) is 0 Å². The monoisotopic (exact) mass is 499 g/mol. The number of carbonyl (C=O) groups is 1. The Balaban J connectivity index is 1.02. The van der Waals surface area contributed by atoms with E-state index in [-0.39, 0.29) is 49.5 Å². The van der Waals surface area contributed by atoms with Crippen LogP contribution in [0.25, 0.3) is 0 Å². The molecule has 190 valence electrons. The van der Waals surface area contributed by atoms with Gasteiger partial charge in [-0.3, -0.25) is 14.3 Å². The third-order valence-electron chi connectivity index (χ3n) is 7.16. The summed E-state index contributed by atoms with van der Waals surface area (Å²) in [6, 6.07) is 0. The van der Waals surface area contributed by atoms with E-state index in [2.05, 4.69) is 25.0 Å². The second kappa shape index (κ2) is 8.05. The van der Waals surface area contributed by atoms with Crippen LogP contribution in [-0.2, 0) is 24.4 Å².